The van der Waals surface area contributed by atoms with Crippen molar-refractivity contribution < 1.29 is 55.4 Å². The molecule has 0 saturated carbocycles. The van der Waals surface area contributed by atoms with Gasteiger partial charge in [0.25, 0.3) is 25.6 Å². The number of carboxylic acid groups (broad SMARTS) is 1. The molecule has 0 bridgehead atoms. The van der Waals surface area contributed by atoms with E-state index in [0.717, 1.165) is 17.0 Å². The van der Waals surface area contributed by atoms with Crippen molar-refractivity contribution in [3.05, 3.63) is 154 Å². The molecule has 3 aromatic heterocycles. The normalized spacial score (nSPS) is 15.1. The highest BCUT2D eigenvalue weighted by Crippen LogP contribution is 2.41. The molecule has 7 aromatic rings. The lowest BCUT2D eigenvalue weighted by atomic mass is 9.85. The van der Waals surface area contributed by atoms with Gasteiger partial charge in [0.05, 0.1) is 56.5 Å². The average molecular weight is 1190 g/mol. The number of carbonyl (C=O) groups excluding carboxylic acids is 4. The quantitative estimate of drug-likeness (QED) is 0.0316. The number of carboxylic acids is 1. The summed E-state index contributed by atoms with van der Waals surface area (Å²) in [6.45, 7) is 6.06. The number of carbonyl (C=O) groups is 5. The summed E-state index contributed by atoms with van der Waals surface area (Å²) in [6.07, 6.45) is 3.40. The molecule has 83 heavy (non-hydrogen) atoms. The number of cyclic esters (lactones) is 1. The number of sulfonamides is 2. The van der Waals surface area contributed by atoms with Crippen molar-refractivity contribution in [2.45, 2.75) is 87.6 Å². The van der Waals surface area contributed by atoms with E-state index in [4.69, 9.17) is 26.7 Å². The average Bonchev–Trinajstić information content (AvgIpc) is 4.34. The van der Waals surface area contributed by atoms with Crippen molar-refractivity contribution in [3.8, 4) is 11.4 Å². The molecule has 4 aromatic carbocycles. The number of aliphatic carboxylic acids is 1. The minimum absolute atomic E-state index is 0.0465. The topological polar surface area (TPSA) is 331 Å². The third-order valence-electron chi connectivity index (χ3n) is 13.8. The standard InChI is InChI=1S/C56H57N11O13S3/c1-5-21-58-54(74)60-36-12-10-15-41(24-36)82(75,76)65-37-13-9-14-39(23-37)67(29-47(68)69)83(77,78)40-19-17-35(18-20-40)61-55(81)63-45(25-38-27-57-31-59-38)50(70)64-48(32(3)4)52(72)80-56(6-2)43-26-46-49-34(22-33-11-7-8-16-44(33)62-49)28-66(46)51(71)42(43)30-79-53(56)73/h7-20,22-24,26-27,31-32,45,48,65H,5-6,21,25,28-30H2,1-4H3,(H,57,59)(H,64,70)(H,68,69)(H2,58,60,74)(H2,61,63,81)/t45?,48-,56-/m0/s1. The number of hydrogen-bond acceptors (Lipinski definition) is 15. The maximum Gasteiger partial charge on any atom is 0.355 e. The van der Waals surface area contributed by atoms with E-state index in [9.17, 15) is 50.7 Å². The van der Waals surface area contributed by atoms with Crippen molar-refractivity contribution in [2.24, 2.45) is 5.92 Å². The summed E-state index contributed by atoms with van der Waals surface area (Å²) in [4.78, 5) is 92.6. The third-order valence-corrected chi connectivity index (χ3v) is 17.2. The van der Waals surface area contributed by atoms with Crippen LogP contribution in [0.5, 0.6) is 0 Å². The summed E-state index contributed by atoms with van der Waals surface area (Å²) in [5.74, 6) is -4.73. The second kappa shape index (κ2) is 24.1. The van der Waals surface area contributed by atoms with Crippen LogP contribution in [0.1, 0.15) is 62.9 Å². The molecule has 0 saturated heterocycles. The Hall–Kier alpha value is -9.21. The number of rotatable bonds is 21. The van der Waals surface area contributed by atoms with Gasteiger partial charge < -0.3 is 50.7 Å². The zero-order valence-corrected chi connectivity index (χ0v) is 47.5. The van der Waals surface area contributed by atoms with Gasteiger partial charge in [-0.1, -0.05) is 58.0 Å². The Morgan fingerprint density at radius 1 is 0.880 bits per heavy atom. The Bertz CT molecular complexity index is 3990. The summed E-state index contributed by atoms with van der Waals surface area (Å²) < 4.78 is 71.7. The molecule has 0 fully saturated rings. The number of ether oxygens (including phenoxy) is 2. The first-order valence-corrected chi connectivity index (χ1v) is 29.5. The summed E-state index contributed by atoms with van der Waals surface area (Å²) >= 11 is 5.64. The van der Waals surface area contributed by atoms with Crippen LogP contribution in [0.3, 0.4) is 0 Å². The zero-order valence-electron chi connectivity index (χ0n) is 45.1. The number of pyridine rings is 2. The predicted molar refractivity (Wildman–Crippen MR) is 310 cm³/mol. The van der Waals surface area contributed by atoms with Gasteiger partial charge in [-0.05, 0) is 110 Å². The van der Waals surface area contributed by atoms with Crippen molar-refractivity contribution in [3.63, 3.8) is 0 Å². The molecule has 24 nitrogen and oxygen atoms in total. The first-order valence-electron chi connectivity index (χ1n) is 26.1. The van der Waals surface area contributed by atoms with Crippen molar-refractivity contribution in [1.82, 2.24) is 35.5 Å². The number of amides is 3. The molecule has 0 spiro atoms. The lowest BCUT2D eigenvalue weighted by Gasteiger charge is -2.37. The minimum Gasteiger partial charge on any atom is -0.480 e. The van der Waals surface area contributed by atoms with Crippen molar-refractivity contribution in [1.29, 1.82) is 0 Å². The summed E-state index contributed by atoms with van der Waals surface area (Å²) in [7, 11) is -8.99. The fraction of sp³-hybridized carbons (Fsp3) is 0.268. The number of esters is 2. The van der Waals surface area contributed by atoms with Gasteiger partial charge >= 0.3 is 23.9 Å². The van der Waals surface area contributed by atoms with E-state index in [1.54, 1.807) is 31.4 Å². The van der Waals surface area contributed by atoms with Crippen LogP contribution in [-0.4, -0.2) is 102 Å². The van der Waals surface area contributed by atoms with Crippen LogP contribution in [0.15, 0.2) is 136 Å². The highest BCUT2D eigenvalue weighted by Gasteiger charge is 2.51. The number of fused-ring (bicyclic) bond motifs is 5. The number of nitrogens with zero attached hydrogens (tertiary/aromatic N) is 4. The Morgan fingerprint density at radius 2 is 1.63 bits per heavy atom. The summed E-state index contributed by atoms with van der Waals surface area (Å²) in [6, 6.07) is 23.7. The van der Waals surface area contributed by atoms with Crippen molar-refractivity contribution >= 4 is 101 Å². The number of aromatic amines is 1. The first-order chi connectivity index (χ1) is 39.6. The predicted octanol–water partition coefficient (Wildman–Crippen LogP) is 5.70. The van der Waals surface area contributed by atoms with E-state index < -0.39 is 85.6 Å². The van der Waals surface area contributed by atoms with E-state index in [1.165, 1.54) is 79.3 Å². The van der Waals surface area contributed by atoms with E-state index in [0.29, 0.717) is 39.9 Å². The van der Waals surface area contributed by atoms with Crippen LogP contribution in [0.2, 0.25) is 0 Å². The molecule has 3 amide bonds. The zero-order chi connectivity index (χ0) is 59.4. The number of imidazole rings is 1. The van der Waals surface area contributed by atoms with Crippen molar-refractivity contribution in [2.75, 3.05) is 32.8 Å². The molecule has 9 rings (SSSR count). The highest BCUT2D eigenvalue weighted by molar-refractivity contribution is 7.93. The highest BCUT2D eigenvalue weighted by atomic mass is 32.2. The molecule has 2 aliphatic heterocycles. The SMILES string of the molecule is CCCNC(=O)Nc1cccc(S(=O)(=O)Nc2cccc(N(CC(=O)O)S(=O)(=O)c3ccc(NC(=S)NC(Cc4cnc[nH]4)C(=O)N[C@H](C(=O)O[C@]4(CC)C(=O)OCc5c4cc4n(c5=O)Cc5cc6ccccc6nc5-4)C(C)C)cc3)c2)c1. The molecular formula is C56H57N11O13S3. The molecule has 5 heterocycles. The van der Waals surface area contributed by atoms with Crippen LogP contribution < -0.4 is 41.2 Å². The maximum absolute atomic E-state index is 14.5. The third kappa shape index (κ3) is 12.5. The van der Waals surface area contributed by atoms with Crippen LogP contribution in [0.4, 0.5) is 27.5 Å². The molecule has 0 aliphatic carbocycles. The Labute approximate surface area is 481 Å². The Balaban J connectivity index is 0.894. The van der Waals surface area contributed by atoms with Gasteiger partial charge in [-0.15, -0.1) is 0 Å². The van der Waals surface area contributed by atoms with Gasteiger partial charge in [0.15, 0.2) is 5.11 Å². The monoisotopic (exact) mass is 1190 g/mol. The molecule has 2 aliphatic rings. The van der Waals surface area contributed by atoms with Crippen LogP contribution in [0, 0.1) is 5.92 Å². The molecule has 8 N–H and O–H groups in total. The minimum atomic E-state index is -4.66. The van der Waals surface area contributed by atoms with Crippen LogP contribution >= 0.6 is 12.2 Å². The van der Waals surface area contributed by atoms with E-state index in [2.05, 4.69) is 41.3 Å². The summed E-state index contributed by atoms with van der Waals surface area (Å²) in [5.41, 5.74) is 0.930. The Kier molecular flexibility index (Phi) is 17.0. The number of H-pyrrole nitrogens is 1. The van der Waals surface area contributed by atoms with E-state index in [-0.39, 0.29) is 74.8 Å². The lowest BCUT2D eigenvalue weighted by molar-refractivity contribution is -0.191. The number of hydrogen-bond donors (Lipinski definition) is 8. The number of anilines is 4. The molecule has 0 radical (unpaired) electrons. The fourth-order valence-electron chi connectivity index (χ4n) is 9.59. The van der Waals surface area contributed by atoms with Crippen LogP contribution in [0.25, 0.3) is 22.3 Å². The van der Waals surface area contributed by atoms with E-state index in [1.807, 2.05) is 37.3 Å². The number of benzene rings is 4. The van der Waals surface area contributed by atoms with Gasteiger partial charge in [0.1, 0.15) is 25.2 Å². The molecule has 1 unspecified atom stereocenters. The number of aromatic nitrogens is 4. The molecule has 432 valence electrons. The maximum atomic E-state index is 14.5. The fourth-order valence-corrected chi connectivity index (χ4v) is 12.4. The summed E-state index contributed by atoms with van der Waals surface area (Å²) in [5, 5.41) is 24.4. The van der Waals surface area contributed by atoms with E-state index >= 15 is 0 Å². The number of para-hydroxylation sites is 1. The largest absolute Gasteiger partial charge is 0.480 e. The van der Waals surface area contributed by atoms with Gasteiger partial charge in [-0.25, -0.2) is 41.2 Å². The molecule has 27 heteroatoms. The van der Waals surface area contributed by atoms with Gasteiger partial charge in [-0.3, -0.25) is 23.4 Å². The second-order valence-electron chi connectivity index (χ2n) is 19.8. The first kappa shape index (κ1) is 58.4. The second-order valence-corrected chi connectivity index (χ2v) is 23.8. The van der Waals surface area contributed by atoms with Gasteiger partial charge in [0.2, 0.25) is 11.5 Å². The smallest absolute Gasteiger partial charge is 0.355 e. The number of nitrogens with one attached hydrogen (secondary N) is 7. The van der Waals surface area contributed by atoms with Crippen LogP contribution in [-0.2, 0) is 73.9 Å². The molecule has 3 atom stereocenters. The number of thiocarbonyl (C=S) groups is 1. The van der Waals surface area contributed by atoms with Gasteiger partial charge in [0, 0.05) is 52.7 Å². The number of urea groups is 1. The van der Waals surface area contributed by atoms with Gasteiger partial charge in [-0.2, -0.15) is 0 Å². The Morgan fingerprint density at radius 3 is 2.34 bits per heavy atom. The lowest BCUT2D eigenvalue weighted by Crippen LogP contribution is -2.56. The molecular weight excluding hydrogens is 1130 g/mol.